The third-order valence-electron chi connectivity index (χ3n) is 5.82. The molecule has 0 bridgehead atoms. The summed E-state index contributed by atoms with van der Waals surface area (Å²) in [6, 6.07) is 5.06. The fourth-order valence-electron chi connectivity index (χ4n) is 3.95. The summed E-state index contributed by atoms with van der Waals surface area (Å²) in [4.78, 5) is 29.5. The number of hydrogen-bond donors (Lipinski definition) is 1. The topological polar surface area (TPSA) is 97.8 Å². The molecule has 2 unspecified atom stereocenters. The molecule has 2 amide bonds. The van der Waals surface area contributed by atoms with Crippen LogP contribution in [0.15, 0.2) is 18.2 Å². The summed E-state index contributed by atoms with van der Waals surface area (Å²) < 4.78 is 22.0. The first-order valence-corrected chi connectivity index (χ1v) is 12.0. The van der Waals surface area contributed by atoms with E-state index in [1.54, 1.807) is 30.2 Å². The summed E-state index contributed by atoms with van der Waals surface area (Å²) in [5.74, 6) is 0.300. The number of carbonyl (C=O) groups is 2. The summed E-state index contributed by atoms with van der Waals surface area (Å²) in [5.41, 5.74) is 0.255. The molecule has 1 N–H and O–H groups in total. The lowest BCUT2D eigenvalue weighted by atomic mass is 10.0. The second-order valence-electron chi connectivity index (χ2n) is 9.86. The Balaban J connectivity index is 1.70. The Morgan fingerprint density at radius 1 is 1.26 bits per heavy atom. The Morgan fingerprint density at radius 2 is 2.00 bits per heavy atom. The van der Waals surface area contributed by atoms with Crippen molar-refractivity contribution in [2.75, 3.05) is 40.0 Å². The monoisotopic (exact) mass is 478 g/mol. The maximum absolute atomic E-state index is 13.6. The number of phenolic OH excluding ortho intramolecular Hbond substituents is 1. The molecule has 190 valence electrons. The van der Waals surface area contributed by atoms with Crippen LogP contribution in [0.4, 0.5) is 4.79 Å². The van der Waals surface area contributed by atoms with Crippen molar-refractivity contribution >= 4 is 12.0 Å². The largest absolute Gasteiger partial charge is 0.504 e. The van der Waals surface area contributed by atoms with Gasteiger partial charge in [-0.15, -0.1) is 0 Å². The van der Waals surface area contributed by atoms with Crippen LogP contribution in [0, 0.1) is 0 Å². The molecule has 0 aromatic heterocycles. The molecule has 34 heavy (non-hydrogen) atoms. The molecule has 1 aromatic rings. The van der Waals surface area contributed by atoms with Crippen molar-refractivity contribution in [1.82, 2.24) is 9.80 Å². The first-order valence-electron chi connectivity index (χ1n) is 12.0. The molecule has 0 radical (unpaired) electrons. The highest BCUT2D eigenvalue weighted by Crippen LogP contribution is 2.38. The molecule has 2 aliphatic rings. The lowest BCUT2D eigenvalue weighted by Crippen LogP contribution is -2.54. The Bertz CT molecular complexity index is 850. The average molecular weight is 479 g/mol. The lowest BCUT2D eigenvalue weighted by Gasteiger charge is -2.38. The van der Waals surface area contributed by atoms with Crippen LogP contribution in [0.5, 0.6) is 11.5 Å². The van der Waals surface area contributed by atoms with E-state index in [2.05, 4.69) is 0 Å². The average Bonchev–Trinajstić information content (AvgIpc) is 3.62. The molecule has 1 aromatic carbocycles. The van der Waals surface area contributed by atoms with E-state index in [0.29, 0.717) is 31.9 Å². The maximum Gasteiger partial charge on any atom is 0.410 e. The maximum atomic E-state index is 13.6. The highest BCUT2D eigenvalue weighted by atomic mass is 16.6. The number of nitrogens with zero attached hydrogens (tertiary/aromatic N) is 2. The second kappa shape index (κ2) is 11.3. The van der Waals surface area contributed by atoms with Crippen molar-refractivity contribution in [3.8, 4) is 11.5 Å². The SMILES string of the molecule is COCCCOc1cc(C(C)N(C(=O)C2CN(C(=O)OC(C)(C)C)CCO2)C2CC2)ccc1O. The van der Waals surface area contributed by atoms with Crippen molar-refractivity contribution in [3.05, 3.63) is 23.8 Å². The molecular weight excluding hydrogens is 440 g/mol. The van der Waals surface area contributed by atoms with Gasteiger partial charge in [0.15, 0.2) is 17.6 Å². The van der Waals surface area contributed by atoms with Gasteiger partial charge in [0.25, 0.3) is 5.91 Å². The van der Waals surface area contributed by atoms with Crippen molar-refractivity contribution in [2.45, 2.75) is 70.7 Å². The minimum Gasteiger partial charge on any atom is -0.504 e. The van der Waals surface area contributed by atoms with Crippen molar-refractivity contribution < 1.29 is 33.6 Å². The van der Waals surface area contributed by atoms with Crippen LogP contribution >= 0.6 is 0 Å². The third kappa shape index (κ3) is 6.99. The Labute approximate surface area is 201 Å². The number of amides is 2. The van der Waals surface area contributed by atoms with Crippen LogP contribution in [0.3, 0.4) is 0 Å². The fraction of sp³-hybridized carbons (Fsp3) is 0.680. The summed E-state index contributed by atoms with van der Waals surface area (Å²) in [5, 5.41) is 10.2. The molecule has 9 heteroatoms. The van der Waals surface area contributed by atoms with Gasteiger partial charge in [-0.3, -0.25) is 4.79 Å². The van der Waals surface area contributed by atoms with E-state index in [1.807, 2.05) is 32.6 Å². The summed E-state index contributed by atoms with van der Waals surface area (Å²) >= 11 is 0. The number of hydrogen-bond acceptors (Lipinski definition) is 7. The zero-order valence-corrected chi connectivity index (χ0v) is 20.9. The zero-order chi connectivity index (χ0) is 24.9. The van der Waals surface area contributed by atoms with Gasteiger partial charge in [-0.2, -0.15) is 0 Å². The summed E-state index contributed by atoms with van der Waals surface area (Å²) in [7, 11) is 1.63. The van der Waals surface area contributed by atoms with Gasteiger partial charge in [-0.1, -0.05) is 6.07 Å². The number of morpholine rings is 1. The molecule has 1 heterocycles. The highest BCUT2D eigenvalue weighted by Gasteiger charge is 2.42. The van der Waals surface area contributed by atoms with Gasteiger partial charge >= 0.3 is 6.09 Å². The predicted octanol–water partition coefficient (Wildman–Crippen LogP) is 3.50. The van der Waals surface area contributed by atoms with Gasteiger partial charge in [0, 0.05) is 32.7 Å². The van der Waals surface area contributed by atoms with Gasteiger partial charge in [0.05, 0.1) is 25.8 Å². The molecule has 1 saturated carbocycles. The van der Waals surface area contributed by atoms with Gasteiger partial charge in [0.1, 0.15) is 5.60 Å². The van der Waals surface area contributed by atoms with Crippen LogP contribution in [0.1, 0.15) is 58.6 Å². The van der Waals surface area contributed by atoms with Crippen molar-refractivity contribution in [2.24, 2.45) is 0 Å². The molecule has 2 fully saturated rings. The van der Waals surface area contributed by atoms with E-state index in [0.717, 1.165) is 18.4 Å². The van der Waals surface area contributed by atoms with E-state index >= 15 is 0 Å². The first-order chi connectivity index (χ1) is 16.1. The number of phenols is 1. The quantitative estimate of drug-likeness (QED) is 0.543. The van der Waals surface area contributed by atoms with Crippen LogP contribution < -0.4 is 4.74 Å². The van der Waals surface area contributed by atoms with Gasteiger partial charge in [0.2, 0.25) is 0 Å². The van der Waals surface area contributed by atoms with E-state index < -0.39 is 17.8 Å². The van der Waals surface area contributed by atoms with Gasteiger partial charge in [-0.25, -0.2) is 4.79 Å². The fourth-order valence-corrected chi connectivity index (χ4v) is 3.95. The van der Waals surface area contributed by atoms with Crippen LogP contribution in [-0.2, 0) is 19.0 Å². The smallest absolute Gasteiger partial charge is 0.410 e. The van der Waals surface area contributed by atoms with Gasteiger partial charge in [-0.05, 0) is 58.2 Å². The minimum absolute atomic E-state index is 0.0567. The molecule has 3 rings (SSSR count). The number of aromatic hydroxyl groups is 1. The number of carbonyl (C=O) groups excluding carboxylic acids is 2. The number of methoxy groups -OCH3 is 1. The van der Waals surface area contributed by atoms with Crippen LogP contribution in [-0.4, -0.2) is 84.7 Å². The Kier molecular flexibility index (Phi) is 8.65. The van der Waals surface area contributed by atoms with Crippen LogP contribution in [0.25, 0.3) is 0 Å². The molecular formula is C25H38N2O7. The normalized spacial score (nSPS) is 19.4. The first kappa shape index (κ1) is 26.1. The lowest BCUT2D eigenvalue weighted by molar-refractivity contribution is -0.151. The molecule has 1 saturated heterocycles. The Hall–Kier alpha value is -2.52. The minimum atomic E-state index is -0.744. The number of benzene rings is 1. The second-order valence-corrected chi connectivity index (χ2v) is 9.86. The molecule has 2 atom stereocenters. The van der Waals surface area contributed by atoms with E-state index in [4.69, 9.17) is 18.9 Å². The number of ether oxygens (including phenoxy) is 4. The van der Waals surface area contributed by atoms with E-state index in [1.165, 1.54) is 0 Å². The summed E-state index contributed by atoms with van der Waals surface area (Å²) in [6.45, 7) is 9.23. The van der Waals surface area contributed by atoms with Crippen molar-refractivity contribution in [1.29, 1.82) is 0 Å². The molecule has 1 aliphatic carbocycles. The van der Waals surface area contributed by atoms with E-state index in [9.17, 15) is 14.7 Å². The molecule has 1 aliphatic heterocycles. The molecule has 0 spiro atoms. The van der Waals surface area contributed by atoms with E-state index in [-0.39, 0.29) is 36.9 Å². The van der Waals surface area contributed by atoms with Crippen molar-refractivity contribution in [3.63, 3.8) is 0 Å². The van der Waals surface area contributed by atoms with Gasteiger partial charge < -0.3 is 33.9 Å². The summed E-state index contributed by atoms with van der Waals surface area (Å²) in [6.07, 6.45) is 1.38. The molecule has 9 nitrogen and oxygen atoms in total. The number of rotatable bonds is 9. The third-order valence-corrected chi connectivity index (χ3v) is 5.82. The predicted molar refractivity (Wildman–Crippen MR) is 126 cm³/mol. The van der Waals surface area contributed by atoms with Crippen LogP contribution in [0.2, 0.25) is 0 Å². The zero-order valence-electron chi connectivity index (χ0n) is 20.9. The highest BCUT2D eigenvalue weighted by molar-refractivity contribution is 5.83. The standard InChI is InChI=1S/C25H38N2O7/c1-17(18-7-10-20(28)21(15-18)32-13-6-12-31-5)27(19-8-9-19)23(29)22-16-26(11-14-33-22)24(30)34-25(2,3)4/h7,10,15,17,19,22,28H,6,8-9,11-14,16H2,1-5H3. The Morgan fingerprint density at radius 3 is 2.65 bits per heavy atom.